The van der Waals surface area contributed by atoms with Gasteiger partial charge in [0.25, 0.3) is 11.5 Å². The molecule has 0 unspecified atom stereocenters. The molecule has 0 bridgehead atoms. The molecular weight excluding hydrogens is 418 g/mol. The van der Waals surface area contributed by atoms with E-state index in [-0.39, 0.29) is 22.0 Å². The van der Waals surface area contributed by atoms with Crippen LogP contribution in [0.1, 0.15) is 28.7 Å². The lowest BCUT2D eigenvalue weighted by atomic mass is 10.2. The van der Waals surface area contributed by atoms with Gasteiger partial charge in [-0.05, 0) is 38.5 Å². The minimum absolute atomic E-state index is 0.0325. The lowest BCUT2D eigenvalue weighted by molar-refractivity contribution is 0.102. The third-order valence-corrected chi connectivity index (χ3v) is 5.44. The van der Waals surface area contributed by atoms with Gasteiger partial charge in [0.15, 0.2) is 0 Å². The maximum atomic E-state index is 13.1. The minimum Gasteiger partial charge on any atom is -0.382 e. The van der Waals surface area contributed by atoms with Crippen LogP contribution in [-0.4, -0.2) is 43.3 Å². The first-order valence-electron chi connectivity index (χ1n) is 9.78. The zero-order valence-electron chi connectivity index (χ0n) is 17.1. The molecule has 10 nitrogen and oxygen atoms in total. The van der Waals surface area contributed by atoms with Gasteiger partial charge in [-0.3, -0.25) is 24.7 Å². The summed E-state index contributed by atoms with van der Waals surface area (Å²) in [7, 11) is 0. The second kappa shape index (κ2) is 8.74. The van der Waals surface area contributed by atoms with Crippen molar-refractivity contribution in [3.8, 4) is 0 Å². The van der Waals surface area contributed by atoms with Crippen LogP contribution in [-0.2, 0) is 11.3 Å². The maximum Gasteiger partial charge on any atom is 0.267 e. The Balaban J connectivity index is 1.87. The molecule has 4 aromatic heterocycles. The summed E-state index contributed by atoms with van der Waals surface area (Å²) in [6.45, 7) is 5.16. The minimum atomic E-state index is -0.529. The van der Waals surface area contributed by atoms with Crippen LogP contribution >= 0.6 is 11.3 Å². The normalized spacial score (nSPS) is 11.3. The molecule has 0 aliphatic carbocycles. The number of aromatic nitrogens is 5. The van der Waals surface area contributed by atoms with Crippen molar-refractivity contribution >= 4 is 39.1 Å². The molecule has 160 valence electrons. The summed E-state index contributed by atoms with van der Waals surface area (Å²) >= 11 is 1.23. The van der Waals surface area contributed by atoms with Gasteiger partial charge in [0.05, 0.1) is 10.9 Å². The number of anilines is 1. The standard InChI is InChI=1S/C20H21N7O3S/c1-3-30-10-6-9-27-16(21)13(18(28)23-20-25-24-12(2)31-20)11-14-17(27)22-15-7-4-5-8-26(15)19(14)29/h4-5,7-8,11,21H,3,6,9-10H2,1-2H3,(H,23,25,28). The first kappa shape index (κ1) is 20.8. The van der Waals surface area contributed by atoms with E-state index in [1.54, 1.807) is 35.9 Å². The third-order valence-electron chi connectivity index (χ3n) is 4.68. The number of carbonyl (C=O) groups is 1. The maximum absolute atomic E-state index is 13.1. The molecule has 0 aliphatic rings. The van der Waals surface area contributed by atoms with Crippen molar-refractivity contribution in [3.63, 3.8) is 0 Å². The highest BCUT2D eigenvalue weighted by atomic mass is 32.1. The fourth-order valence-electron chi connectivity index (χ4n) is 3.26. The molecule has 4 rings (SSSR count). The Bertz CT molecular complexity index is 1390. The molecular formula is C20H21N7O3S. The summed E-state index contributed by atoms with van der Waals surface area (Å²) in [6.07, 6.45) is 2.23. The van der Waals surface area contributed by atoms with Gasteiger partial charge in [0.2, 0.25) is 5.13 Å². The molecule has 0 radical (unpaired) electrons. The summed E-state index contributed by atoms with van der Waals surface area (Å²) in [5, 5.41) is 20.4. The molecule has 0 fully saturated rings. The molecule has 0 saturated heterocycles. The summed E-state index contributed by atoms with van der Waals surface area (Å²) in [5.41, 5.74) is 0.557. The number of amides is 1. The van der Waals surface area contributed by atoms with Gasteiger partial charge in [0.1, 0.15) is 21.8 Å². The van der Waals surface area contributed by atoms with Crippen LogP contribution in [0.2, 0.25) is 0 Å². The van der Waals surface area contributed by atoms with E-state index in [2.05, 4.69) is 20.5 Å². The summed E-state index contributed by atoms with van der Waals surface area (Å²) < 4.78 is 8.42. The van der Waals surface area contributed by atoms with Crippen LogP contribution in [0.25, 0.3) is 16.7 Å². The average molecular weight is 440 g/mol. The average Bonchev–Trinajstić information content (AvgIpc) is 3.17. The number of fused-ring (bicyclic) bond motifs is 2. The smallest absolute Gasteiger partial charge is 0.267 e. The van der Waals surface area contributed by atoms with Gasteiger partial charge in [-0.15, -0.1) is 10.2 Å². The number of nitrogens with zero attached hydrogens (tertiary/aromatic N) is 5. The van der Waals surface area contributed by atoms with E-state index in [9.17, 15) is 9.59 Å². The van der Waals surface area contributed by atoms with Gasteiger partial charge in [-0.25, -0.2) is 4.98 Å². The lowest BCUT2D eigenvalue weighted by Crippen LogP contribution is -2.32. The number of hydrogen-bond acceptors (Lipinski definition) is 8. The first-order chi connectivity index (χ1) is 15.0. The van der Waals surface area contributed by atoms with Crippen LogP contribution < -0.4 is 16.4 Å². The zero-order chi connectivity index (χ0) is 22.0. The number of aryl methyl sites for hydroxylation is 2. The summed E-state index contributed by atoms with van der Waals surface area (Å²) in [5.74, 6) is -0.529. The largest absolute Gasteiger partial charge is 0.382 e. The van der Waals surface area contributed by atoms with Crippen LogP contribution in [0.5, 0.6) is 0 Å². The molecule has 31 heavy (non-hydrogen) atoms. The van der Waals surface area contributed by atoms with Crippen molar-refractivity contribution in [1.29, 1.82) is 5.41 Å². The van der Waals surface area contributed by atoms with E-state index in [1.165, 1.54) is 21.8 Å². The van der Waals surface area contributed by atoms with Gasteiger partial charge < -0.3 is 9.30 Å². The number of ether oxygens (including phenoxy) is 1. The molecule has 11 heteroatoms. The Morgan fingerprint density at radius 3 is 2.90 bits per heavy atom. The van der Waals surface area contributed by atoms with E-state index in [4.69, 9.17) is 10.1 Å². The third kappa shape index (κ3) is 4.09. The molecule has 0 aromatic carbocycles. The molecule has 2 N–H and O–H groups in total. The van der Waals surface area contributed by atoms with Crippen LogP contribution in [0.4, 0.5) is 5.13 Å². The molecule has 0 atom stereocenters. The molecule has 0 aliphatic heterocycles. The van der Waals surface area contributed by atoms with Gasteiger partial charge in [-0.2, -0.15) is 0 Å². The van der Waals surface area contributed by atoms with E-state index >= 15 is 0 Å². The van der Waals surface area contributed by atoms with Crippen LogP contribution in [0.15, 0.2) is 35.3 Å². The molecule has 0 spiro atoms. The summed E-state index contributed by atoms with van der Waals surface area (Å²) in [4.78, 5) is 30.7. The Morgan fingerprint density at radius 1 is 1.32 bits per heavy atom. The monoisotopic (exact) mass is 439 g/mol. The van der Waals surface area contributed by atoms with Gasteiger partial charge in [-0.1, -0.05) is 17.4 Å². The molecule has 4 heterocycles. The molecule has 1 amide bonds. The predicted octanol–water partition coefficient (Wildman–Crippen LogP) is 1.97. The second-order valence-electron chi connectivity index (χ2n) is 6.77. The van der Waals surface area contributed by atoms with Gasteiger partial charge >= 0.3 is 0 Å². The Hall–Kier alpha value is -3.44. The van der Waals surface area contributed by atoms with Crippen molar-refractivity contribution in [1.82, 2.24) is 24.1 Å². The molecule has 4 aromatic rings. The number of carbonyl (C=O) groups excluding carboxylic acids is 1. The van der Waals surface area contributed by atoms with E-state index < -0.39 is 5.91 Å². The highest BCUT2D eigenvalue weighted by Gasteiger charge is 2.18. The zero-order valence-corrected chi connectivity index (χ0v) is 17.9. The fourth-order valence-corrected chi connectivity index (χ4v) is 3.85. The molecule has 0 saturated carbocycles. The van der Waals surface area contributed by atoms with Crippen LogP contribution in [0, 0.1) is 12.3 Å². The van der Waals surface area contributed by atoms with E-state index in [0.717, 1.165) is 0 Å². The predicted molar refractivity (Wildman–Crippen MR) is 117 cm³/mol. The van der Waals surface area contributed by atoms with Crippen molar-refractivity contribution in [2.75, 3.05) is 18.5 Å². The van der Waals surface area contributed by atoms with Crippen molar-refractivity contribution < 1.29 is 9.53 Å². The number of rotatable bonds is 7. The van der Waals surface area contributed by atoms with E-state index in [1.807, 2.05) is 6.92 Å². The highest BCUT2D eigenvalue weighted by molar-refractivity contribution is 7.15. The van der Waals surface area contributed by atoms with Crippen molar-refractivity contribution in [3.05, 3.63) is 56.9 Å². The SMILES string of the molecule is CCOCCCn1c(=N)c(C(=O)Nc2nnc(C)s2)cc2c(=O)n3ccccc3nc21. The number of pyridine rings is 2. The summed E-state index contributed by atoms with van der Waals surface area (Å²) in [6, 6.07) is 6.69. The lowest BCUT2D eigenvalue weighted by Gasteiger charge is -2.14. The van der Waals surface area contributed by atoms with Crippen molar-refractivity contribution in [2.45, 2.75) is 26.8 Å². The van der Waals surface area contributed by atoms with Crippen molar-refractivity contribution in [2.24, 2.45) is 0 Å². The number of nitrogens with one attached hydrogen (secondary N) is 2. The quantitative estimate of drug-likeness (QED) is 0.335. The van der Waals surface area contributed by atoms with Gasteiger partial charge in [0, 0.05) is 26.0 Å². The van der Waals surface area contributed by atoms with E-state index in [0.29, 0.717) is 47.6 Å². The Kier molecular flexibility index (Phi) is 5.87. The first-order valence-corrected chi connectivity index (χ1v) is 10.6. The van der Waals surface area contributed by atoms with Crippen LogP contribution in [0.3, 0.4) is 0 Å². The second-order valence-corrected chi connectivity index (χ2v) is 7.95. The fraction of sp³-hybridized carbons (Fsp3) is 0.300. The Morgan fingerprint density at radius 2 is 2.16 bits per heavy atom. The number of hydrogen-bond donors (Lipinski definition) is 2. The highest BCUT2D eigenvalue weighted by Crippen LogP contribution is 2.16. The Labute approximate surface area is 180 Å². The topological polar surface area (TPSA) is 127 Å².